The van der Waals surface area contributed by atoms with Gasteiger partial charge >= 0.3 is 0 Å². The fraction of sp³-hybridized carbons (Fsp3) is 0. The third kappa shape index (κ3) is 3.52. The topological polar surface area (TPSA) is 85.1 Å². The number of pyridine rings is 1. The molecule has 0 saturated carbocycles. The summed E-state index contributed by atoms with van der Waals surface area (Å²) in [5.74, 6) is -0.475. The van der Waals surface area contributed by atoms with Crippen molar-refractivity contribution in [2.75, 3.05) is 5.32 Å². The summed E-state index contributed by atoms with van der Waals surface area (Å²) in [6.45, 7) is 0. The zero-order chi connectivity index (χ0) is 14.7. The molecule has 102 valence electrons. The number of anilines is 1. The number of nitrogens with one attached hydrogen (secondary N) is 1. The maximum absolute atomic E-state index is 12.0. The fourth-order valence-corrected chi connectivity index (χ4v) is 2.15. The molecule has 1 amide bonds. The molecule has 0 unspecified atom stereocenters. The van der Waals surface area contributed by atoms with E-state index in [4.69, 9.17) is 11.6 Å². The van der Waals surface area contributed by atoms with Crippen LogP contribution in [-0.4, -0.2) is 15.8 Å². The lowest BCUT2D eigenvalue weighted by Gasteiger charge is -2.05. The Balaban J connectivity index is 2.27. The Bertz CT molecular complexity index is 693. The maximum atomic E-state index is 12.0. The predicted molar refractivity (Wildman–Crippen MR) is 78.0 cm³/mol. The quantitative estimate of drug-likeness (QED) is 0.516. The molecule has 20 heavy (non-hydrogen) atoms. The van der Waals surface area contributed by atoms with Crippen LogP contribution in [0.5, 0.6) is 0 Å². The first-order valence-corrected chi connectivity index (χ1v) is 6.51. The zero-order valence-corrected chi connectivity index (χ0v) is 12.2. The molecule has 1 heterocycles. The van der Waals surface area contributed by atoms with Gasteiger partial charge in [0.25, 0.3) is 11.6 Å². The lowest BCUT2D eigenvalue weighted by Crippen LogP contribution is -2.12. The second-order valence-electron chi connectivity index (χ2n) is 3.78. The molecule has 1 N–H and O–H groups in total. The van der Waals surface area contributed by atoms with Gasteiger partial charge in [0.15, 0.2) is 0 Å². The standard InChI is InChI=1S/C12H7BrClN3O3/c13-8-3-7(4-10(5-8)17(19)20)12(18)16-9-1-2-15-11(14)6-9/h1-6H,(H,15,16,18). The minimum absolute atomic E-state index is 0.166. The van der Waals surface area contributed by atoms with E-state index in [1.807, 2.05) is 0 Å². The highest BCUT2D eigenvalue weighted by molar-refractivity contribution is 9.10. The number of amides is 1. The first-order chi connectivity index (χ1) is 9.45. The van der Waals surface area contributed by atoms with Crippen molar-refractivity contribution in [2.45, 2.75) is 0 Å². The molecular weight excluding hydrogens is 350 g/mol. The third-order valence-electron chi connectivity index (χ3n) is 2.34. The van der Waals surface area contributed by atoms with Crippen LogP contribution in [-0.2, 0) is 0 Å². The van der Waals surface area contributed by atoms with E-state index >= 15 is 0 Å². The van der Waals surface area contributed by atoms with Crippen LogP contribution in [0, 0.1) is 10.1 Å². The van der Waals surface area contributed by atoms with Crippen molar-refractivity contribution in [1.82, 2.24) is 4.98 Å². The van der Waals surface area contributed by atoms with Crippen molar-refractivity contribution < 1.29 is 9.72 Å². The van der Waals surface area contributed by atoms with Crippen LogP contribution in [0.3, 0.4) is 0 Å². The molecule has 1 aromatic heterocycles. The molecule has 0 aliphatic carbocycles. The molecule has 0 fully saturated rings. The number of carbonyl (C=O) groups is 1. The van der Waals surface area contributed by atoms with E-state index in [-0.39, 0.29) is 16.4 Å². The second-order valence-corrected chi connectivity index (χ2v) is 5.08. The van der Waals surface area contributed by atoms with Gasteiger partial charge < -0.3 is 5.32 Å². The Morgan fingerprint density at radius 2 is 2.10 bits per heavy atom. The highest BCUT2D eigenvalue weighted by atomic mass is 79.9. The molecule has 8 heteroatoms. The van der Waals surface area contributed by atoms with Crippen LogP contribution in [0.25, 0.3) is 0 Å². The molecule has 0 saturated heterocycles. The lowest BCUT2D eigenvalue weighted by molar-refractivity contribution is -0.384. The molecule has 2 rings (SSSR count). The van der Waals surface area contributed by atoms with E-state index in [1.165, 1.54) is 30.5 Å². The van der Waals surface area contributed by atoms with Gasteiger partial charge in [-0.05, 0) is 18.2 Å². The normalized spacial score (nSPS) is 10.1. The second kappa shape index (κ2) is 5.98. The molecular formula is C12H7BrClN3O3. The Kier molecular flexibility index (Phi) is 4.31. The van der Waals surface area contributed by atoms with Crippen molar-refractivity contribution in [3.8, 4) is 0 Å². The number of aromatic nitrogens is 1. The van der Waals surface area contributed by atoms with E-state index < -0.39 is 10.8 Å². The van der Waals surface area contributed by atoms with E-state index in [1.54, 1.807) is 6.07 Å². The molecule has 0 bridgehead atoms. The van der Waals surface area contributed by atoms with E-state index in [2.05, 4.69) is 26.2 Å². The van der Waals surface area contributed by atoms with E-state index in [0.717, 1.165) is 0 Å². The van der Waals surface area contributed by atoms with Crippen LogP contribution in [0.15, 0.2) is 41.0 Å². The van der Waals surface area contributed by atoms with Gasteiger partial charge in [0.05, 0.1) is 4.92 Å². The highest BCUT2D eigenvalue weighted by Crippen LogP contribution is 2.22. The number of nitro groups is 1. The van der Waals surface area contributed by atoms with Crippen molar-refractivity contribution >= 4 is 44.8 Å². The first kappa shape index (κ1) is 14.4. The number of halogens is 2. The van der Waals surface area contributed by atoms with Crippen molar-refractivity contribution in [2.24, 2.45) is 0 Å². The van der Waals surface area contributed by atoms with Gasteiger partial charge in [0.1, 0.15) is 5.15 Å². The summed E-state index contributed by atoms with van der Waals surface area (Å²) in [4.78, 5) is 26.0. The van der Waals surface area contributed by atoms with Gasteiger partial charge in [0.2, 0.25) is 0 Å². The van der Waals surface area contributed by atoms with Gasteiger partial charge in [-0.15, -0.1) is 0 Å². The van der Waals surface area contributed by atoms with Crippen LogP contribution >= 0.6 is 27.5 Å². The number of hydrogen-bond acceptors (Lipinski definition) is 4. The van der Waals surface area contributed by atoms with Gasteiger partial charge in [-0.3, -0.25) is 14.9 Å². The summed E-state index contributed by atoms with van der Waals surface area (Å²) in [6, 6.07) is 7.05. The SMILES string of the molecule is O=C(Nc1ccnc(Cl)c1)c1cc(Br)cc([N+](=O)[O-])c1. The third-order valence-corrected chi connectivity index (χ3v) is 3.00. The molecule has 2 aromatic rings. The van der Waals surface area contributed by atoms with Crippen molar-refractivity contribution in [1.29, 1.82) is 0 Å². The summed E-state index contributed by atoms with van der Waals surface area (Å²) >= 11 is 8.84. The summed E-state index contributed by atoms with van der Waals surface area (Å²) in [5, 5.41) is 13.6. The molecule has 0 spiro atoms. The van der Waals surface area contributed by atoms with E-state index in [0.29, 0.717) is 10.2 Å². The van der Waals surface area contributed by atoms with Gasteiger partial charge in [-0.25, -0.2) is 4.98 Å². The maximum Gasteiger partial charge on any atom is 0.271 e. The zero-order valence-electron chi connectivity index (χ0n) is 9.84. The molecule has 0 aliphatic heterocycles. The van der Waals surface area contributed by atoms with Crippen molar-refractivity contribution in [3.05, 3.63) is 61.8 Å². The molecule has 0 atom stereocenters. The smallest absolute Gasteiger partial charge is 0.271 e. The van der Waals surface area contributed by atoms with Crippen LogP contribution < -0.4 is 5.32 Å². The minimum atomic E-state index is -0.565. The summed E-state index contributed by atoms with van der Waals surface area (Å²) in [7, 11) is 0. The number of hydrogen-bond donors (Lipinski definition) is 1. The lowest BCUT2D eigenvalue weighted by atomic mass is 10.2. The average molecular weight is 357 g/mol. The Morgan fingerprint density at radius 1 is 1.35 bits per heavy atom. The van der Waals surface area contributed by atoms with Gasteiger partial charge in [0, 0.05) is 34.1 Å². The van der Waals surface area contributed by atoms with Crippen LogP contribution in [0.2, 0.25) is 5.15 Å². The Labute approximate surface area is 127 Å². The minimum Gasteiger partial charge on any atom is -0.322 e. The number of non-ortho nitro benzene ring substituents is 1. The first-order valence-electron chi connectivity index (χ1n) is 5.33. The van der Waals surface area contributed by atoms with Gasteiger partial charge in [-0.1, -0.05) is 27.5 Å². The van der Waals surface area contributed by atoms with Crippen LogP contribution in [0.1, 0.15) is 10.4 Å². The van der Waals surface area contributed by atoms with E-state index in [9.17, 15) is 14.9 Å². The monoisotopic (exact) mass is 355 g/mol. The Morgan fingerprint density at radius 3 is 2.75 bits per heavy atom. The number of nitrogens with zero attached hydrogens (tertiary/aromatic N) is 2. The number of nitro benzene ring substituents is 1. The van der Waals surface area contributed by atoms with Gasteiger partial charge in [-0.2, -0.15) is 0 Å². The summed E-state index contributed by atoms with van der Waals surface area (Å²) in [6.07, 6.45) is 1.45. The number of carbonyl (C=O) groups excluding carboxylic acids is 1. The van der Waals surface area contributed by atoms with Crippen LogP contribution in [0.4, 0.5) is 11.4 Å². The summed E-state index contributed by atoms with van der Waals surface area (Å²) < 4.78 is 0.449. The van der Waals surface area contributed by atoms with Crippen molar-refractivity contribution in [3.63, 3.8) is 0 Å². The number of rotatable bonds is 3. The average Bonchev–Trinajstić information content (AvgIpc) is 2.37. The largest absolute Gasteiger partial charge is 0.322 e. The molecule has 0 radical (unpaired) electrons. The predicted octanol–water partition coefficient (Wildman–Crippen LogP) is 3.66. The Hall–Kier alpha value is -1.99. The highest BCUT2D eigenvalue weighted by Gasteiger charge is 2.14. The summed E-state index contributed by atoms with van der Waals surface area (Å²) in [5.41, 5.74) is 0.453. The number of benzene rings is 1. The molecule has 0 aliphatic rings. The molecule has 1 aromatic carbocycles. The molecule has 6 nitrogen and oxygen atoms in total. The fourth-order valence-electron chi connectivity index (χ4n) is 1.49.